The summed E-state index contributed by atoms with van der Waals surface area (Å²) in [7, 11) is 0. The fourth-order valence-electron chi connectivity index (χ4n) is 3.57. The molecule has 4 rings (SSSR count). The zero-order chi connectivity index (χ0) is 18.3. The summed E-state index contributed by atoms with van der Waals surface area (Å²) < 4.78 is 10.2. The molecule has 1 N–H and O–H groups in total. The van der Waals surface area contributed by atoms with Gasteiger partial charge in [-0.25, -0.2) is 9.59 Å². The SMILES string of the molecule is CCOC(=O)c1ccc2c(c1)NN1c3cc(C(=O)OCC)ccc3CC21. The number of hydrazine groups is 1. The van der Waals surface area contributed by atoms with Gasteiger partial charge in [0.15, 0.2) is 0 Å². The molecule has 0 bridgehead atoms. The Morgan fingerprint density at radius 2 is 1.69 bits per heavy atom. The van der Waals surface area contributed by atoms with E-state index in [1.165, 1.54) is 5.56 Å². The minimum absolute atomic E-state index is 0.147. The molecule has 2 heterocycles. The molecule has 0 aromatic heterocycles. The highest BCUT2D eigenvalue weighted by atomic mass is 16.5. The van der Waals surface area contributed by atoms with Gasteiger partial charge in [0.1, 0.15) is 0 Å². The molecular formula is C20H20N2O4. The van der Waals surface area contributed by atoms with E-state index in [4.69, 9.17) is 9.47 Å². The van der Waals surface area contributed by atoms with Crippen molar-refractivity contribution in [3.8, 4) is 0 Å². The second-order valence-corrected chi connectivity index (χ2v) is 6.29. The Bertz CT molecular complexity index is 893. The van der Waals surface area contributed by atoms with Crippen LogP contribution in [0.25, 0.3) is 0 Å². The van der Waals surface area contributed by atoms with Gasteiger partial charge in [-0.1, -0.05) is 12.1 Å². The standard InChI is InChI=1S/C20H20N2O4/c1-3-25-19(23)13-7-8-15-16(9-13)21-22-17-11-14(20(24)26-4-2)6-5-12(17)10-18(15)22/h5-9,11,18,21H,3-4,10H2,1-2H3. The number of hydrogen-bond donors (Lipinski definition) is 1. The van der Waals surface area contributed by atoms with Crippen LogP contribution in [0.5, 0.6) is 0 Å². The molecule has 0 aliphatic carbocycles. The summed E-state index contributed by atoms with van der Waals surface area (Å²) >= 11 is 0. The maximum atomic E-state index is 12.0. The highest BCUT2D eigenvalue weighted by molar-refractivity contribution is 5.93. The second kappa shape index (κ2) is 6.37. The van der Waals surface area contributed by atoms with Crippen LogP contribution in [0.15, 0.2) is 36.4 Å². The molecule has 2 aromatic rings. The first kappa shape index (κ1) is 16.4. The van der Waals surface area contributed by atoms with E-state index in [9.17, 15) is 9.59 Å². The molecular weight excluding hydrogens is 332 g/mol. The van der Waals surface area contributed by atoms with Crippen molar-refractivity contribution in [1.29, 1.82) is 0 Å². The average molecular weight is 352 g/mol. The summed E-state index contributed by atoms with van der Waals surface area (Å²) in [6, 6.07) is 11.4. The molecule has 2 aliphatic heterocycles. The zero-order valence-corrected chi connectivity index (χ0v) is 14.7. The molecule has 1 unspecified atom stereocenters. The molecule has 0 radical (unpaired) electrons. The lowest BCUT2D eigenvalue weighted by Gasteiger charge is -2.19. The summed E-state index contributed by atoms with van der Waals surface area (Å²) in [5, 5.41) is 2.05. The van der Waals surface area contributed by atoms with E-state index in [1.54, 1.807) is 19.9 Å². The minimum atomic E-state index is -0.325. The second-order valence-electron chi connectivity index (χ2n) is 6.29. The zero-order valence-electron chi connectivity index (χ0n) is 14.7. The van der Waals surface area contributed by atoms with E-state index >= 15 is 0 Å². The summed E-state index contributed by atoms with van der Waals surface area (Å²) in [6.45, 7) is 4.28. The highest BCUT2D eigenvalue weighted by Crippen LogP contribution is 2.47. The predicted molar refractivity (Wildman–Crippen MR) is 97.3 cm³/mol. The monoisotopic (exact) mass is 352 g/mol. The summed E-state index contributed by atoms with van der Waals surface area (Å²) in [4.78, 5) is 24.0. The van der Waals surface area contributed by atoms with Crippen molar-refractivity contribution in [2.75, 3.05) is 23.6 Å². The van der Waals surface area contributed by atoms with Crippen LogP contribution in [0.1, 0.15) is 51.7 Å². The smallest absolute Gasteiger partial charge is 0.338 e. The molecule has 26 heavy (non-hydrogen) atoms. The van der Waals surface area contributed by atoms with Crippen LogP contribution >= 0.6 is 0 Å². The van der Waals surface area contributed by atoms with E-state index in [0.717, 1.165) is 23.4 Å². The molecule has 0 fully saturated rings. The van der Waals surface area contributed by atoms with Gasteiger partial charge >= 0.3 is 11.9 Å². The Balaban J connectivity index is 1.63. The van der Waals surface area contributed by atoms with Crippen LogP contribution in [0.2, 0.25) is 0 Å². The summed E-state index contributed by atoms with van der Waals surface area (Å²) in [5.74, 6) is -0.644. The van der Waals surface area contributed by atoms with Gasteiger partial charge in [-0.05, 0) is 43.7 Å². The van der Waals surface area contributed by atoms with Crippen molar-refractivity contribution in [3.63, 3.8) is 0 Å². The number of rotatable bonds is 4. The van der Waals surface area contributed by atoms with Crippen LogP contribution in [-0.4, -0.2) is 25.2 Å². The largest absolute Gasteiger partial charge is 0.462 e. The fourth-order valence-corrected chi connectivity index (χ4v) is 3.57. The van der Waals surface area contributed by atoms with E-state index < -0.39 is 0 Å². The number of esters is 2. The van der Waals surface area contributed by atoms with Crippen molar-refractivity contribution in [1.82, 2.24) is 0 Å². The van der Waals surface area contributed by atoms with Gasteiger partial charge in [-0.2, -0.15) is 0 Å². The number of ether oxygens (including phenoxy) is 2. The predicted octanol–water partition coefficient (Wildman–Crippen LogP) is 3.48. The molecule has 1 atom stereocenters. The number of carbonyl (C=O) groups excluding carboxylic acids is 2. The normalized spacial score (nSPS) is 16.4. The Hall–Kier alpha value is -3.02. The van der Waals surface area contributed by atoms with Crippen LogP contribution in [0.3, 0.4) is 0 Å². The van der Waals surface area contributed by atoms with Gasteiger partial charge in [0, 0.05) is 12.0 Å². The van der Waals surface area contributed by atoms with Gasteiger partial charge in [-0.3, -0.25) is 10.4 Å². The molecule has 6 nitrogen and oxygen atoms in total. The van der Waals surface area contributed by atoms with Crippen LogP contribution in [0, 0.1) is 0 Å². The van der Waals surface area contributed by atoms with Gasteiger partial charge in [0.2, 0.25) is 0 Å². The van der Waals surface area contributed by atoms with E-state index in [1.807, 2.05) is 30.3 Å². The van der Waals surface area contributed by atoms with E-state index in [-0.39, 0.29) is 18.0 Å². The van der Waals surface area contributed by atoms with Gasteiger partial charge in [0.25, 0.3) is 0 Å². The molecule has 2 aromatic carbocycles. The molecule has 2 aliphatic rings. The first-order valence-corrected chi connectivity index (χ1v) is 8.79. The molecule has 134 valence electrons. The lowest BCUT2D eigenvalue weighted by atomic mass is 10.00. The third kappa shape index (κ3) is 2.58. The Morgan fingerprint density at radius 1 is 1.04 bits per heavy atom. The van der Waals surface area contributed by atoms with Crippen LogP contribution in [0.4, 0.5) is 11.4 Å². The molecule has 6 heteroatoms. The van der Waals surface area contributed by atoms with Crippen molar-refractivity contribution >= 4 is 23.3 Å². The number of benzene rings is 2. The maximum absolute atomic E-state index is 12.0. The Labute approximate surface area is 151 Å². The number of carbonyl (C=O) groups is 2. The van der Waals surface area contributed by atoms with E-state index in [2.05, 4.69) is 10.4 Å². The third-order valence-electron chi connectivity index (χ3n) is 4.75. The first-order chi connectivity index (χ1) is 12.6. The Morgan fingerprint density at radius 3 is 2.38 bits per heavy atom. The quantitative estimate of drug-likeness (QED) is 0.850. The molecule has 0 amide bonds. The molecule has 0 spiro atoms. The summed E-state index contributed by atoms with van der Waals surface area (Å²) in [5.41, 5.74) is 8.60. The Kier molecular flexibility index (Phi) is 4.03. The maximum Gasteiger partial charge on any atom is 0.338 e. The number of nitrogens with zero attached hydrogens (tertiary/aromatic N) is 1. The average Bonchev–Trinajstić information content (AvgIpc) is 3.17. The van der Waals surface area contributed by atoms with E-state index in [0.29, 0.717) is 24.3 Å². The number of hydrogen-bond acceptors (Lipinski definition) is 6. The summed E-state index contributed by atoms with van der Waals surface area (Å²) in [6.07, 6.45) is 0.844. The van der Waals surface area contributed by atoms with Crippen LogP contribution < -0.4 is 10.4 Å². The topological polar surface area (TPSA) is 67.9 Å². The third-order valence-corrected chi connectivity index (χ3v) is 4.75. The molecule has 0 saturated heterocycles. The first-order valence-electron chi connectivity index (χ1n) is 8.79. The van der Waals surface area contributed by atoms with Gasteiger partial charge in [-0.15, -0.1) is 0 Å². The van der Waals surface area contributed by atoms with Crippen LogP contribution in [-0.2, 0) is 15.9 Å². The van der Waals surface area contributed by atoms with Crippen molar-refractivity contribution in [2.45, 2.75) is 26.3 Å². The molecule has 0 saturated carbocycles. The van der Waals surface area contributed by atoms with Crippen molar-refractivity contribution in [3.05, 3.63) is 58.7 Å². The number of fused-ring (bicyclic) bond motifs is 5. The van der Waals surface area contributed by atoms with Gasteiger partial charge < -0.3 is 9.47 Å². The highest BCUT2D eigenvalue weighted by Gasteiger charge is 2.38. The lowest BCUT2D eigenvalue weighted by molar-refractivity contribution is 0.0517. The fraction of sp³-hybridized carbons (Fsp3) is 0.300. The van der Waals surface area contributed by atoms with Gasteiger partial charge in [0.05, 0.1) is 41.8 Å². The van der Waals surface area contributed by atoms with Crippen molar-refractivity contribution < 1.29 is 19.1 Å². The van der Waals surface area contributed by atoms with Crippen molar-refractivity contribution in [2.24, 2.45) is 0 Å². The minimum Gasteiger partial charge on any atom is -0.462 e. The lowest BCUT2D eigenvalue weighted by Crippen LogP contribution is -2.24. The number of anilines is 2. The number of nitrogens with one attached hydrogen (secondary N) is 1.